The van der Waals surface area contributed by atoms with Crippen LogP contribution >= 0.6 is 0 Å². The molecule has 0 aromatic heterocycles. The molecule has 0 amide bonds. The highest BCUT2D eigenvalue weighted by Crippen LogP contribution is 2.45. The average molecular weight is 441 g/mol. The van der Waals surface area contributed by atoms with E-state index >= 15 is 0 Å². The quantitative estimate of drug-likeness (QED) is 0.519. The number of carbonyl (C=O) groups is 1. The van der Waals surface area contributed by atoms with Crippen LogP contribution in [0.25, 0.3) is 5.57 Å². The van der Waals surface area contributed by atoms with Crippen molar-refractivity contribution in [2.45, 2.75) is 65.2 Å². The number of rotatable bonds is 6. The minimum Gasteiger partial charge on any atom is -0.507 e. The molecule has 0 aliphatic rings. The fourth-order valence-corrected chi connectivity index (χ4v) is 3.95. The summed E-state index contributed by atoms with van der Waals surface area (Å²) < 4.78 is 11.1. The van der Waals surface area contributed by atoms with E-state index in [4.69, 9.17) is 9.47 Å². The fourth-order valence-electron chi connectivity index (χ4n) is 3.95. The van der Waals surface area contributed by atoms with E-state index in [0.29, 0.717) is 22.6 Å². The average Bonchev–Trinajstić information content (AvgIpc) is 2.70. The zero-order valence-electron chi connectivity index (χ0n) is 20.7. The lowest BCUT2D eigenvalue weighted by Crippen LogP contribution is -2.19. The number of benzene rings is 2. The van der Waals surface area contributed by atoms with Crippen LogP contribution < -0.4 is 9.47 Å². The molecule has 1 unspecified atom stereocenters. The van der Waals surface area contributed by atoms with Crippen LogP contribution in [-0.4, -0.2) is 30.4 Å². The normalized spacial score (nSPS) is 12.9. The largest absolute Gasteiger partial charge is 0.507 e. The molecule has 174 valence electrons. The van der Waals surface area contributed by atoms with Crippen molar-refractivity contribution >= 4 is 11.5 Å². The van der Waals surface area contributed by atoms with Gasteiger partial charge in [0.05, 0.1) is 19.8 Å². The van der Waals surface area contributed by atoms with E-state index in [1.165, 1.54) is 0 Å². The maximum absolute atomic E-state index is 12.0. The summed E-state index contributed by atoms with van der Waals surface area (Å²) in [6, 6.07) is 7.35. The van der Waals surface area contributed by atoms with Gasteiger partial charge in [0, 0.05) is 17.0 Å². The van der Waals surface area contributed by atoms with Crippen LogP contribution in [0.3, 0.4) is 0 Å². The molecular weight excluding hydrogens is 404 g/mol. The Hall–Kier alpha value is -2.95. The molecule has 2 aromatic carbocycles. The Balaban J connectivity index is 2.94. The smallest absolute Gasteiger partial charge is 0.335 e. The molecule has 5 nitrogen and oxygen atoms in total. The zero-order valence-corrected chi connectivity index (χ0v) is 20.7. The first kappa shape index (κ1) is 25.3. The van der Waals surface area contributed by atoms with Crippen LogP contribution in [0.2, 0.25) is 0 Å². The highest BCUT2D eigenvalue weighted by Gasteiger charge is 2.30. The molecule has 0 spiro atoms. The Morgan fingerprint density at radius 3 is 1.72 bits per heavy atom. The van der Waals surface area contributed by atoms with Crippen LogP contribution in [0.4, 0.5) is 0 Å². The summed E-state index contributed by atoms with van der Waals surface area (Å²) in [5.41, 5.74) is 2.87. The van der Waals surface area contributed by atoms with Gasteiger partial charge in [0.2, 0.25) is 0 Å². The Morgan fingerprint density at radius 2 is 1.31 bits per heavy atom. The van der Waals surface area contributed by atoms with Gasteiger partial charge < -0.3 is 19.7 Å². The van der Waals surface area contributed by atoms with Gasteiger partial charge in [-0.2, -0.15) is 0 Å². The van der Waals surface area contributed by atoms with Crippen LogP contribution in [0.1, 0.15) is 82.2 Å². The Bertz CT molecular complexity index is 1040. The van der Waals surface area contributed by atoms with Crippen molar-refractivity contribution < 1.29 is 24.5 Å². The number of aliphatic carboxylic acids is 1. The van der Waals surface area contributed by atoms with Crippen molar-refractivity contribution in [3.05, 3.63) is 58.7 Å². The van der Waals surface area contributed by atoms with E-state index in [9.17, 15) is 15.0 Å². The van der Waals surface area contributed by atoms with Crippen molar-refractivity contribution in [3.8, 4) is 17.2 Å². The minimum absolute atomic E-state index is 0.0119. The first-order valence-electron chi connectivity index (χ1n) is 10.7. The van der Waals surface area contributed by atoms with Gasteiger partial charge in [-0.15, -0.1) is 0 Å². The second-order valence-corrected chi connectivity index (χ2v) is 10.3. The highest BCUT2D eigenvalue weighted by molar-refractivity contribution is 6.15. The van der Waals surface area contributed by atoms with Gasteiger partial charge in [-0.05, 0) is 51.8 Å². The zero-order chi connectivity index (χ0) is 24.6. The number of methoxy groups -OCH3 is 2. The number of carboxylic acid groups (broad SMARTS) is 1. The molecule has 0 aliphatic carbocycles. The van der Waals surface area contributed by atoms with Gasteiger partial charge in [-0.1, -0.05) is 55.0 Å². The molecule has 0 saturated heterocycles. The number of hydrogen-bond acceptors (Lipinski definition) is 4. The molecule has 5 heteroatoms. The van der Waals surface area contributed by atoms with Gasteiger partial charge >= 0.3 is 5.97 Å². The molecule has 0 bridgehead atoms. The van der Waals surface area contributed by atoms with Gasteiger partial charge in [0.15, 0.2) is 0 Å². The van der Waals surface area contributed by atoms with E-state index in [1.54, 1.807) is 20.3 Å². The van der Waals surface area contributed by atoms with Crippen LogP contribution in [0.15, 0.2) is 30.8 Å². The predicted molar refractivity (Wildman–Crippen MR) is 129 cm³/mol. The van der Waals surface area contributed by atoms with Crippen molar-refractivity contribution in [2.75, 3.05) is 14.2 Å². The summed E-state index contributed by atoms with van der Waals surface area (Å²) in [4.78, 5) is 12.0. The lowest BCUT2D eigenvalue weighted by atomic mass is 9.75. The van der Waals surface area contributed by atoms with Crippen molar-refractivity contribution in [2.24, 2.45) is 0 Å². The summed E-state index contributed by atoms with van der Waals surface area (Å²) in [5, 5.41) is 21.1. The molecule has 0 radical (unpaired) electrons. The topological polar surface area (TPSA) is 76.0 Å². The molecule has 0 fully saturated rings. The molecule has 1 atom stereocenters. The van der Waals surface area contributed by atoms with E-state index in [-0.39, 0.29) is 28.1 Å². The van der Waals surface area contributed by atoms with Gasteiger partial charge in [-0.25, -0.2) is 4.79 Å². The summed E-state index contributed by atoms with van der Waals surface area (Å²) in [5.74, 6) is -0.00468. The molecule has 2 aromatic rings. The van der Waals surface area contributed by atoms with E-state index in [1.807, 2.05) is 66.7 Å². The highest BCUT2D eigenvalue weighted by atomic mass is 16.5. The molecule has 0 heterocycles. The number of phenolic OH excluding ortho intramolecular Hbond substituents is 1. The second-order valence-electron chi connectivity index (χ2n) is 10.3. The number of phenols is 1. The third-order valence-corrected chi connectivity index (χ3v) is 5.84. The summed E-state index contributed by atoms with van der Waals surface area (Å²) in [7, 11) is 3.18. The standard InChI is InChI=1S/C27H36O5/c1-15(20-12-18(32-10)14-22(24(20)28)27(6,7)8)19-11-17(31-9)13-21(26(3,4)5)23(19)16(2)25(29)30/h11-15,28H,2H2,1,3-10H3,(H,29,30). The predicted octanol–water partition coefficient (Wildman–Crippen LogP) is 6.25. The summed E-state index contributed by atoms with van der Waals surface area (Å²) in [6.07, 6.45) is 0. The first-order chi connectivity index (χ1) is 14.6. The van der Waals surface area contributed by atoms with Gasteiger partial charge in [0.25, 0.3) is 0 Å². The molecule has 2 rings (SSSR count). The lowest BCUT2D eigenvalue weighted by molar-refractivity contribution is -0.130. The van der Waals surface area contributed by atoms with E-state index < -0.39 is 5.97 Å². The molecule has 32 heavy (non-hydrogen) atoms. The molecular formula is C27H36O5. The lowest BCUT2D eigenvalue weighted by Gasteiger charge is -2.29. The SMILES string of the molecule is C=C(C(=O)O)c1c(C(C)c2cc(OC)cc(C(C)(C)C)c2O)cc(OC)cc1C(C)(C)C. The maximum atomic E-state index is 12.0. The monoisotopic (exact) mass is 440 g/mol. The Kier molecular flexibility index (Phi) is 7.03. The van der Waals surface area contributed by atoms with Crippen LogP contribution in [-0.2, 0) is 15.6 Å². The third kappa shape index (κ3) is 4.93. The van der Waals surface area contributed by atoms with Crippen molar-refractivity contribution in [3.63, 3.8) is 0 Å². The second kappa shape index (κ2) is 8.89. The van der Waals surface area contributed by atoms with Crippen LogP contribution in [0, 0.1) is 0 Å². The van der Waals surface area contributed by atoms with Crippen molar-refractivity contribution in [1.29, 1.82) is 0 Å². The molecule has 2 N–H and O–H groups in total. The van der Waals surface area contributed by atoms with Gasteiger partial charge in [-0.3, -0.25) is 0 Å². The minimum atomic E-state index is -1.08. The summed E-state index contributed by atoms with van der Waals surface area (Å²) >= 11 is 0. The Labute approximate surface area is 191 Å². The van der Waals surface area contributed by atoms with E-state index in [2.05, 4.69) is 6.58 Å². The maximum Gasteiger partial charge on any atom is 0.335 e. The molecule has 0 aliphatic heterocycles. The summed E-state index contributed by atoms with van der Waals surface area (Å²) in [6.45, 7) is 18.0. The number of hydrogen-bond donors (Lipinski definition) is 2. The number of carboxylic acids is 1. The third-order valence-electron chi connectivity index (χ3n) is 5.84. The Morgan fingerprint density at radius 1 is 0.875 bits per heavy atom. The number of aromatic hydroxyl groups is 1. The molecule has 0 saturated carbocycles. The number of ether oxygens (including phenoxy) is 2. The van der Waals surface area contributed by atoms with E-state index in [0.717, 1.165) is 16.7 Å². The fraction of sp³-hybridized carbons (Fsp3) is 0.444. The van der Waals surface area contributed by atoms with Gasteiger partial charge in [0.1, 0.15) is 17.2 Å². The van der Waals surface area contributed by atoms with Crippen molar-refractivity contribution in [1.82, 2.24) is 0 Å². The van der Waals surface area contributed by atoms with Crippen LogP contribution in [0.5, 0.6) is 17.2 Å². The first-order valence-corrected chi connectivity index (χ1v) is 10.7.